The van der Waals surface area contributed by atoms with Gasteiger partial charge in [0.2, 0.25) is 0 Å². The molecule has 25 heteroatoms. The topological polar surface area (TPSA) is 30.2 Å². The van der Waals surface area contributed by atoms with Gasteiger partial charge in [0, 0.05) is 11.6 Å². The maximum absolute atomic E-state index is 15.4. The van der Waals surface area contributed by atoms with E-state index in [1.807, 2.05) is 71.4 Å². The highest BCUT2D eigenvalue weighted by atomic mass is 79.9. The Kier molecular flexibility index (Phi) is 14.1. The van der Waals surface area contributed by atoms with Crippen molar-refractivity contribution in [2.45, 2.75) is 6.54 Å². The molecule has 0 amide bonds. The van der Waals surface area contributed by atoms with Crippen LogP contribution in [0.4, 0.5) is 87.8 Å². The normalized spacial score (nSPS) is 11.5. The zero-order valence-corrected chi connectivity index (χ0v) is 33.6. The molecule has 0 fully saturated rings. The summed E-state index contributed by atoms with van der Waals surface area (Å²) in [6.07, 6.45) is -5.29. The summed E-state index contributed by atoms with van der Waals surface area (Å²) in [4.78, 5) is 12.4. The van der Waals surface area contributed by atoms with Gasteiger partial charge in [-0.25, -0.2) is 92.6 Å². The van der Waals surface area contributed by atoms with E-state index in [1.54, 1.807) is 0 Å². The Hall–Kier alpha value is -6.66. The van der Waals surface area contributed by atoms with Gasteiger partial charge in [0.25, 0.3) is 5.69 Å². The molecule has 7 aromatic rings. The summed E-state index contributed by atoms with van der Waals surface area (Å²) in [5.74, 6) is -71.7. The zero-order chi connectivity index (χ0) is 49.7. The van der Waals surface area contributed by atoms with Crippen molar-refractivity contribution in [3.63, 3.8) is 0 Å². The minimum Gasteiger partial charge on any atom is -0.446 e. The van der Waals surface area contributed by atoms with E-state index in [4.69, 9.17) is 4.74 Å². The number of aromatic nitrogens is 1. The van der Waals surface area contributed by atoms with Crippen LogP contribution in [0.1, 0.15) is 16.1 Å². The lowest BCUT2D eigenvalue weighted by Gasteiger charge is -2.44. The van der Waals surface area contributed by atoms with Gasteiger partial charge < -0.3 is 4.74 Å². The molecule has 1 aromatic heterocycles. The molecule has 3 nitrogen and oxygen atoms in total. The first-order valence-electron chi connectivity index (χ1n) is 17.9. The van der Waals surface area contributed by atoms with Gasteiger partial charge in [0.1, 0.15) is 58.2 Å². The zero-order valence-electron chi connectivity index (χ0n) is 32.0. The SMILES string of the molecule is Fc1c(F)c(F)c([B-](c2c(F)c(F)c(F)c(F)c2F)(c2c(F)c(F)c(F)c(F)c2F)c2c(F)c(F)c(F)c(F)c2F)c(F)c1F.O=C(OCBr)c1c2ccccc2cc[n+]1Cc1ccccc1. The van der Waals surface area contributed by atoms with Crippen LogP contribution in [0.2, 0.25) is 0 Å². The molecule has 0 aliphatic heterocycles. The van der Waals surface area contributed by atoms with Crippen LogP contribution in [0.5, 0.6) is 0 Å². The molecule has 0 aliphatic carbocycles. The summed E-state index contributed by atoms with van der Waals surface area (Å²) in [6, 6.07) is 19.9. The molecule has 0 bridgehead atoms. The second-order valence-corrected chi connectivity index (χ2v) is 14.2. The molecule has 350 valence electrons. The molecule has 0 spiro atoms. The second kappa shape index (κ2) is 18.9. The second-order valence-electron chi connectivity index (χ2n) is 13.7. The third-order valence-electron chi connectivity index (χ3n) is 10.2. The fourth-order valence-corrected chi connectivity index (χ4v) is 7.60. The number of hydrogen-bond donors (Lipinski definition) is 0. The van der Waals surface area contributed by atoms with Crippen molar-refractivity contribution >= 4 is 60.7 Å². The largest absolute Gasteiger partial charge is 0.446 e. The fraction of sp³-hybridized carbons (Fsp3) is 0.0476. The lowest BCUT2D eigenvalue weighted by atomic mass is 9.12. The highest BCUT2D eigenvalue weighted by Gasteiger charge is 2.52. The Morgan fingerprint density at radius 1 is 0.418 bits per heavy atom. The smallest absolute Gasteiger partial charge is 0.405 e. The number of pyridine rings is 1. The number of carbonyl (C=O) groups excluding carboxylic acids is 1. The van der Waals surface area contributed by atoms with Gasteiger partial charge >= 0.3 is 5.97 Å². The standard InChI is InChI=1S/C24BF20.C18H15BrNO2/c26-5-1(6(27)14(35)21(42)13(5)34)25(2-7(28)15(36)22(43)16(37)8(2)29,3-9(30)17(38)23(44)18(39)10(3)31)4-11(32)19(40)24(45)20(41)12(4)33;19-13-22-18(21)17-16-9-5-4-8-15(16)10-11-20(17)12-14-6-2-1-3-7-14/h;1-11H,12-13H2/q-1;+1. The lowest BCUT2D eigenvalue weighted by molar-refractivity contribution is -0.689. The predicted octanol–water partition coefficient (Wildman–Crippen LogP) is 9.53. The van der Waals surface area contributed by atoms with Crippen LogP contribution < -0.4 is 26.4 Å². The maximum atomic E-state index is 15.4. The Morgan fingerprint density at radius 2 is 0.716 bits per heavy atom. The van der Waals surface area contributed by atoms with Gasteiger partial charge in [-0.3, -0.25) is 0 Å². The van der Waals surface area contributed by atoms with Crippen LogP contribution >= 0.6 is 15.9 Å². The predicted molar refractivity (Wildman–Crippen MR) is 198 cm³/mol. The van der Waals surface area contributed by atoms with E-state index in [-0.39, 0.29) is 11.5 Å². The minimum atomic E-state index is -7.22. The number of nitrogens with zero attached hydrogens (tertiary/aromatic N) is 1. The van der Waals surface area contributed by atoms with Gasteiger partial charge in [-0.2, -0.15) is 4.57 Å². The van der Waals surface area contributed by atoms with Crippen LogP contribution in [0.3, 0.4) is 0 Å². The molecular formula is C42H15BBrF20NO2. The molecule has 0 radical (unpaired) electrons. The van der Waals surface area contributed by atoms with E-state index < -0.39 is 144 Å². The van der Waals surface area contributed by atoms with E-state index >= 15 is 35.1 Å². The molecule has 0 atom stereocenters. The Morgan fingerprint density at radius 3 is 1.04 bits per heavy atom. The summed E-state index contributed by atoms with van der Waals surface area (Å²) < 4.78 is 301. The number of fused-ring (bicyclic) bond motifs is 1. The maximum Gasteiger partial charge on any atom is 0.405 e. The monoisotopic (exact) mass is 1040 g/mol. The van der Waals surface area contributed by atoms with Gasteiger partial charge in [0.15, 0.2) is 82.5 Å². The number of rotatable bonds is 8. The van der Waals surface area contributed by atoms with Crippen molar-refractivity contribution in [1.29, 1.82) is 0 Å². The van der Waals surface area contributed by atoms with Crippen LogP contribution in [-0.2, 0) is 11.3 Å². The summed E-state index contributed by atoms with van der Waals surface area (Å²) >= 11 is 3.15. The first-order valence-corrected chi connectivity index (χ1v) is 19.0. The van der Waals surface area contributed by atoms with Crippen LogP contribution in [0, 0.1) is 116 Å². The summed E-state index contributed by atoms with van der Waals surface area (Å²) in [5.41, 5.74) is -12.4. The molecule has 7 rings (SSSR count). The fourth-order valence-electron chi connectivity index (χ4n) is 7.39. The molecule has 0 saturated carbocycles. The van der Waals surface area contributed by atoms with Crippen molar-refractivity contribution in [3.8, 4) is 0 Å². The molecule has 0 saturated heterocycles. The average Bonchev–Trinajstić information content (AvgIpc) is 3.31. The number of esters is 1. The van der Waals surface area contributed by atoms with E-state index in [9.17, 15) is 57.5 Å². The van der Waals surface area contributed by atoms with E-state index in [1.165, 1.54) is 0 Å². The summed E-state index contributed by atoms with van der Waals surface area (Å²) in [6.45, 7) is 0.623. The molecular weight excluding hydrogens is 1020 g/mol. The van der Waals surface area contributed by atoms with Crippen LogP contribution in [0.15, 0.2) is 66.9 Å². The number of hydrogen-bond acceptors (Lipinski definition) is 2. The van der Waals surface area contributed by atoms with Crippen molar-refractivity contribution in [2.24, 2.45) is 0 Å². The van der Waals surface area contributed by atoms with Crippen molar-refractivity contribution in [1.82, 2.24) is 0 Å². The quantitative estimate of drug-likeness (QED) is 0.0289. The molecule has 6 aromatic carbocycles. The Balaban J connectivity index is 0.000000279. The highest BCUT2D eigenvalue weighted by Crippen LogP contribution is 2.31. The van der Waals surface area contributed by atoms with Crippen molar-refractivity contribution in [2.75, 3.05) is 5.52 Å². The molecule has 0 N–H and O–H groups in total. The summed E-state index contributed by atoms with van der Waals surface area (Å²) in [7, 11) is 0. The van der Waals surface area contributed by atoms with E-state index in [2.05, 4.69) is 15.9 Å². The van der Waals surface area contributed by atoms with Crippen molar-refractivity contribution in [3.05, 3.63) is 194 Å². The third kappa shape index (κ3) is 7.98. The minimum absolute atomic E-state index is 0.181. The van der Waals surface area contributed by atoms with Crippen LogP contribution in [0.25, 0.3) is 10.8 Å². The Bertz CT molecular complexity index is 2780. The first kappa shape index (κ1) is 49.8. The van der Waals surface area contributed by atoms with Gasteiger partial charge in [-0.15, -0.1) is 21.9 Å². The number of carbonyl (C=O) groups is 1. The number of ether oxygens (including phenoxy) is 1. The molecule has 0 unspecified atom stereocenters. The van der Waals surface area contributed by atoms with Crippen LogP contribution in [-0.4, -0.2) is 17.6 Å². The Labute approximate surface area is 368 Å². The average molecular weight is 1040 g/mol. The molecule has 0 aliphatic rings. The highest BCUT2D eigenvalue weighted by molar-refractivity contribution is 9.09. The third-order valence-corrected chi connectivity index (χ3v) is 10.4. The van der Waals surface area contributed by atoms with Gasteiger partial charge in [-0.05, 0) is 27.4 Å². The number of halogens is 21. The van der Waals surface area contributed by atoms with Crippen molar-refractivity contribution < 1.29 is 102 Å². The molecule has 1 heterocycles. The van der Waals surface area contributed by atoms with Gasteiger partial charge in [0.05, 0.1) is 5.39 Å². The number of alkyl halides is 1. The number of benzene rings is 6. The van der Waals surface area contributed by atoms with Gasteiger partial charge in [-0.1, -0.05) is 48.5 Å². The molecule has 67 heavy (non-hydrogen) atoms. The summed E-state index contributed by atoms with van der Waals surface area (Å²) in [5, 5.41) is 1.92. The van der Waals surface area contributed by atoms with E-state index in [0.717, 1.165) is 16.3 Å². The van der Waals surface area contributed by atoms with E-state index in [0.29, 0.717) is 12.2 Å². The lowest BCUT2D eigenvalue weighted by Crippen LogP contribution is -2.81. The first-order chi connectivity index (χ1) is 31.5.